The average Bonchev–Trinajstić information content (AvgIpc) is 3.61. The Bertz CT molecular complexity index is 2170. The van der Waals surface area contributed by atoms with Gasteiger partial charge in [0, 0.05) is 12.8 Å². The van der Waals surface area contributed by atoms with Crippen LogP contribution in [-0.4, -0.2) is 74.9 Å². The van der Waals surface area contributed by atoms with Crippen LogP contribution in [-0.2, 0) is 32.7 Å². The van der Waals surface area contributed by atoms with Crippen LogP contribution in [0.3, 0.4) is 0 Å². The number of nitrogens with zero attached hydrogens (tertiary/aromatic N) is 1. The lowest BCUT2D eigenvalue weighted by atomic mass is 10.0. The van der Waals surface area contributed by atoms with E-state index in [-0.39, 0.29) is 32.0 Å². The minimum absolute atomic E-state index is 0.0195. The molecule has 508 valence electrons. The number of likely N-dealkylation sites (N-methyl/N-ethyl adjacent to an activating group) is 1. The fourth-order valence-electron chi connectivity index (χ4n) is 9.07. The molecular weight excluding hydrogens is 1130 g/mol. The number of esters is 2. The number of hydrogen-bond donors (Lipinski definition) is 1. The third-order valence-corrected chi connectivity index (χ3v) is 15.4. The van der Waals surface area contributed by atoms with Gasteiger partial charge in [-0.1, -0.05) is 292 Å². The number of hydrogen-bond acceptors (Lipinski definition) is 7. The third kappa shape index (κ3) is 72.2. The molecule has 0 aromatic rings. The van der Waals surface area contributed by atoms with Crippen LogP contribution in [0.5, 0.6) is 0 Å². The summed E-state index contributed by atoms with van der Waals surface area (Å²) in [5.41, 5.74) is 0. The highest BCUT2D eigenvalue weighted by atomic mass is 31.2. The molecule has 9 nitrogen and oxygen atoms in total. The third-order valence-electron chi connectivity index (χ3n) is 14.4. The molecule has 0 aliphatic rings. The number of allylic oxidation sites excluding steroid dienone is 30. The van der Waals surface area contributed by atoms with E-state index in [2.05, 4.69) is 196 Å². The van der Waals surface area contributed by atoms with E-state index in [1.165, 1.54) is 83.5 Å². The van der Waals surface area contributed by atoms with Crippen LogP contribution < -0.4 is 0 Å². The molecule has 0 radical (unpaired) electrons. The molecule has 10 heteroatoms. The van der Waals surface area contributed by atoms with Crippen molar-refractivity contribution < 1.29 is 42.1 Å². The maximum Gasteiger partial charge on any atom is 0.472 e. The maximum atomic E-state index is 12.9. The second-order valence-corrected chi connectivity index (χ2v) is 25.6. The molecule has 0 saturated heterocycles. The van der Waals surface area contributed by atoms with Gasteiger partial charge >= 0.3 is 19.8 Å². The lowest BCUT2D eigenvalue weighted by Crippen LogP contribution is -2.37. The molecule has 0 heterocycles. The first-order chi connectivity index (χ1) is 44.0. The highest BCUT2D eigenvalue weighted by molar-refractivity contribution is 7.47. The number of phosphoric acid groups is 1. The van der Waals surface area contributed by atoms with Gasteiger partial charge in [-0.25, -0.2) is 4.57 Å². The van der Waals surface area contributed by atoms with E-state index in [1.807, 2.05) is 21.1 Å². The number of unbranched alkanes of at least 4 members (excludes halogenated alkanes) is 19. The summed E-state index contributed by atoms with van der Waals surface area (Å²) in [6.07, 6.45) is 106. The molecular formula is C80H131NO8P+. The Morgan fingerprint density at radius 1 is 0.344 bits per heavy atom. The summed E-state index contributed by atoms with van der Waals surface area (Å²) in [6, 6.07) is 0. The lowest BCUT2D eigenvalue weighted by Gasteiger charge is -2.24. The molecule has 2 unspecified atom stereocenters. The summed E-state index contributed by atoms with van der Waals surface area (Å²) >= 11 is 0. The fraction of sp³-hybridized carbons (Fsp3) is 0.600. The summed E-state index contributed by atoms with van der Waals surface area (Å²) < 4.78 is 34.7. The quantitative estimate of drug-likeness (QED) is 0.0211. The zero-order valence-corrected chi connectivity index (χ0v) is 58.7. The van der Waals surface area contributed by atoms with E-state index >= 15 is 0 Å². The van der Waals surface area contributed by atoms with Gasteiger partial charge in [-0.15, -0.1) is 0 Å². The minimum Gasteiger partial charge on any atom is -0.462 e. The fourth-order valence-corrected chi connectivity index (χ4v) is 9.81. The van der Waals surface area contributed by atoms with Crippen molar-refractivity contribution in [2.45, 2.75) is 264 Å². The summed E-state index contributed by atoms with van der Waals surface area (Å²) in [7, 11) is 1.45. The summed E-state index contributed by atoms with van der Waals surface area (Å²) in [6.45, 7) is 4.18. The number of phosphoric ester groups is 1. The van der Waals surface area contributed by atoms with E-state index in [9.17, 15) is 19.0 Å². The molecule has 0 saturated carbocycles. The standard InChI is InChI=1S/C80H130NO8P/c1-6-8-10-12-14-16-18-20-22-24-26-28-30-32-34-36-38-39-40-41-43-45-47-49-51-53-55-57-59-61-63-65-67-69-71-73-80(83)89-78(77-88-90(84,85)87-75-74-81(3,4)5)76-86-79(82)72-70-68-66-64-62-60-58-56-54-52-50-48-46-44-42-37-35-33-31-29-27-25-23-21-19-17-15-13-11-9-7-2/h8-11,14-17,20-23,26-29,32-35,38-39,41-44,47,49,53,55,78H,6-7,12-13,18-19,24-25,30-31,36-37,40,45-46,48,50-52,54,56-77H2,1-5H3/p+1/b10-8-,11-9-,16-14-,17-15-,22-20-,23-21-,28-26-,29-27-,34-32-,35-33-,39-38-,43-41-,44-42-,49-47-,55-53-. The molecule has 0 fully saturated rings. The van der Waals surface area contributed by atoms with Gasteiger partial charge in [0.25, 0.3) is 0 Å². The van der Waals surface area contributed by atoms with Gasteiger partial charge in [0.15, 0.2) is 6.10 Å². The molecule has 0 aliphatic carbocycles. The van der Waals surface area contributed by atoms with Crippen LogP contribution in [0, 0.1) is 0 Å². The van der Waals surface area contributed by atoms with Crippen LogP contribution in [0.15, 0.2) is 182 Å². The van der Waals surface area contributed by atoms with Crippen molar-refractivity contribution in [1.29, 1.82) is 0 Å². The van der Waals surface area contributed by atoms with E-state index in [1.54, 1.807) is 0 Å². The summed E-state index contributed by atoms with van der Waals surface area (Å²) in [4.78, 5) is 35.9. The normalized spacial score (nSPS) is 14.2. The first-order valence-electron chi connectivity index (χ1n) is 35.5. The van der Waals surface area contributed by atoms with Crippen LogP contribution in [0.2, 0.25) is 0 Å². The molecule has 0 bridgehead atoms. The van der Waals surface area contributed by atoms with Gasteiger partial charge in [-0.2, -0.15) is 0 Å². The van der Waals surface area contributed by atoms with Crippen molar-refractivity contribution in [2.75, 3.05) is 47.5 Å². The predicted molar refractivity (Wildman–Crippen MR) is 389 cm³/mol. The second kappa shape index (κ2) is 68.5. The summed E-state index contributed by atoms with van der Waals surface area (Å²) in [5, 5.41) is 0. The lowest BCUT2D eigenvalue weighted by molar-refractivity contribution is -0.870. The SMILES string of the molecule is CC/C=C\C/C=C\C/C=C\C/C=C\C/C=C\C/C=C\C/C=C\C/C=C\C/C=C\CCCCCCCCCC(=O)OC(COC(=O)CCCCCCCCCCCCCC/C=C\C/C=C\C/C=C\C/C=C\C/C=C\C/C=C\CC)COP(=O)(O)OCC[N+](C)(C)C. The highest BCUT2D eigenvalue weighted by Crippen LogP contribution is 2.43. The first kappa shape index (κ1) is 85.1. The maximum absolute atomic E-state index is 12.9. The number of rotatable bonds is 63. The second-order valence-electron chi connectivity index (χ2n) is 24.2. The average molecular weight is 1270 g/mol. The molecule has 0 aromatic carbocycles. The molecule has 0 spiro atoms. The van der Waals surface area contributed by atoms with Crippen molar-refractivity contribution in [3.8, 4) is 0 Å². The molecule has 1 N–H and O–H groups in total. The highest BCUT2D eigenvalue weighted by Gasteiger charge is 2.27. The molecule has 0 rings (SSSR count). The predicted octanol–water partition coefficient (Wildman–Crippen LogP) is 23.5. The number of carbonyl (C=O) groups excluding carboxylic acids is 2. The van der Waals surface area contributed by atoms with Crippen molar-refractivity contribution in [1.82, 2.24) is 0 Å². The van der Waals surface area contributed by atoms with Gasteiger partial charge in [-0.3, -0.25) is 18.6 Å². The Kier molecular flexibility index (Phi) is 64.8. The van der Waals surface area contributed by atoms with Gasteiger partial charge in [0.1, 0.15) is 19.8 Å². The van der Waals surface area contributed by atoms with E-state index in [0.29, 0.717) is 17.4 Å². The minimum atomic E-state index is -4.41. The van der Waals surface area contributed by atoms with Crippen molar-refractivity contribution in [2.24, 2.45) is 0 Å². The van der Waals surface area contributed by atoms with Gasteiger partial charge in [-0.05, 0) is 135 Å². The van der Waals surface area contributed by atoms with Crippen LogP contribution in [0.25, 0.3) is 0 Å². The Balaban J connectivity index is 4.15. The zero-order chi connectivity index (χ0) is 65.5. The molecule has 90 heavy (non-hydrogen) atoms. The molecule has 2 atom stereocenters. The Morgan fingerprint density at radius 3 is 0.889 bits per heavy atom. The smallest absolute Gasteiger partial charge is 0.462 e. The van der Waals surface area contributed by atoms with Crippen LogP contribution >= 0.6 is 7.82 Å². The van der Waals surface area contributed by atoms with E-state index in [4.69, 9.17) is 18.5 Å². The largest absolute Gasteiger partial charge is 0.472 e. The van der Waals surface area contributed by atoms with E-state index < -0.39 is 26.5 Å². The Morgan fingerprint density at radius 2 is 0.600 bits per heavy atom. The van der Waals surface area contributed by atoms with Gasteiger partial charge < -0.3 is 18.9 Å². The Labute approximate surface area is 552 Å². The molecule has 0 amide bonds. The van der Waals surface area contributed by atoms with Crippen LogP contribution in [0.4, 0.5) is 0 Å². The molecule has 0 aromatic heterocycles. The number of ether oxygens (including phenoxy) is 2. The van der Waals surface area contributed by atoms with Crippen molar-refractivity contribution in [3.05, 3.63) is 182 Å². The Hall–Kier alpha value is -4.89. The monoisotopic (exact) mass is 1260 g/mol. The summed E-state index contributed by atoms with van der Waals surface area (Å²) in [5.74, 6) is -0.822. The van der Waals surface area contributed by atoms with Crippen molar-refractivity contribution >= 4 is 19.8 Å². The van der Waals surface area contributed by atoms with Gasteiger partial charge in [0.2, 0.25) is 0 Å². The number of carbonyl (C=O) groups is 2. The number of quaternary nitrogens is 1. The van der Waals surface area contributed by atoms with Crippen molar-refractivity contribution in [3.63, 3.8) is 0 Å². The van der Waals surface area contributed by atoms with E-state index in [0.717, 1.165) is 141 Å². The molecule has 0 aliphatic heterocycles. The topological polar surface area (TPSA) is 108 Å². The first-order valence-corrected chi connectivity index (χ1v) is 37.0. The van der Waals surface area contributed by atoms with Gasteiger partial charge in [0.05, 0.1) is 27.7 Å². The zero-order valence-electron chi connectivity index (χ0n) is 57.8. The van der Waals surface area contributed by atoms with Crippen LogP contribution in [0.1, 0.15) is 258 Å².